The van der Waals surface area contributed by atoms with E-state index in [1.165, 1.54) is 4.90 Å². The van der Waals surface area contributed by atoms with Crippen molar-refractivity contribution < 1.29 is 14.4 Å². The largest absolute Gasteiger partial charge is 0.298 e. The highest BCUT2D eigenvalue weighted by molar-refractivity contribution is 6.35. The maximum Gasteiger partial charge on any atom is 0.239 e. The Kier molecular flexibility index (Phi) is 4.34. The average Bonchev–Trinajstić information content (AvgIpc) is 3.29. The summed E-state index contributed by atoms with van der Waals surface area (Å²) in [6.07, 6.45) is 0. The third-order valence-electron chi connectivity index (χ3n) is 7.97. The summed E-state index contributed by atoms with van der Waals surface area (Å²) in [6, 6.07) is 26.3. The van der Waals surface area contributed by atoms with Crippen molar-refractivity contribution in [3.63, 3.8) is 0 Å². The molecule has 5 heteroatoms. The van der Waals surface area contributed by atoms with Gasteiger partial charge in [-0.2, -0.15) is 0 Å². The van der Waals surface area contributed by atoms with Gasteiger partial charge in [-0.05, 0) is 54.3 Å². The van der Waals surface area contributed by atoms with Crippen LogP contribution in [0.3, 0.4) is 0 Å². The van der Waals surface area contributed by atoms with Crippen LogP contribution in [0.4, 0.5) is 5.69 Å². The quantitative estimate of drug-likeness (QED) is 0.466. The lowest BCUT2D eigenvalue weighted by atomic mass is 9.63. The zero-order valence-electron chi connectivity index (χ0n) is 18.8. The third-order valence-corrected chi connectivity index (χ3v) is 8.21. The van der Waals surface area contributed by atoms with Crippen LogP contribution in [0.1, 0.15) is 25.0 Å². The number of halogens is 1. The lowest BCUT2D eigenvalue weighted by Crippen LogP contribution is -2.40. The number of fused-ring (bicyclic) bond motifs is 5. The SMILES string of the molecule is CC12C(=O)C(C)(C(c3ccccc3)=C1c1ccccc1)C1C(=O)N(c3cccc(Cl)c3)C(=O)C12. The van der Waals surface area contributed by atoms with Gasteiger partial charge >= 0.3 is 0 Å². The van der Waals surface area contributed by atoms with Crippen molar-refractivity contribution in [2.24, 2.45) is 22.7 Å². The van der Waals surface area contributed by atoms with Crippen LogP contribution in [0, 0.1) is 22.7 Å². The molecule has 2 amide bonds. The molecule has 3 aliphatic rings. The van der Waals surface area contributed by atoms with Gasteiger partial charge in [0.25, 0.3) is 0 Å². The molecule has 4 atom stereocenters. The second kappa shape index (κ2) is 7.00. The number of hydrogen-bond acceptors (Lipinski definition) is 3. The molecule has 168 valence electrons. The van der Waals surface area contributed by atoms with Gasteiger partial charge in [-0.1, -0.05) is 78.3 Å². The Labute approximate surface area is 202 Å². The molecular formula is C29H22ClNO3. The molecule has 1 saturated heterocycles. The predicted octanol–water partition coefficient (Wildman–Crippen LogP) is 5.67. The summed E-state index contributed by atoms with van der Waals surface area (Å²) in [5.74, 6) is -2.26. The topological polar surface area (TPSA) is 54.5 Å². The number of hydrogen-bond donors (Lipinski definition) is 0. The van der Waals surface area contributed by atoms with Crippen molar-refractivity contribution in [1.82, 2.24) is 0 Å². The molecule has 0 N–H and O–H groups in total. The molecule has 4 unspecified atom stereocenters. The summed E-state index contributed by atoms with van der Waals surface area (Å²) in [5, 5.41) is 0.444. The van der Waals surface area contributed by atoms with E-state index in [1.54, 1.807) is 24.3 Å². The molecule has 2 fully saturated rings. The fourth-order valence-electron chi connectivity index (χ4n) is 6.68. The normalized spacial score (nSPS) is 29.9. The summed E-state index contributed by atoms with van der Waals surface area (Å²) >= 11 is 6.18. The van der Waals surface area contributed by atoms with E-state index in [1.807, 2.05) is 74.5 Å². The maximum absolute atomic E-state index is 14.2. The number of carbonyl (C=O) groups excluding carboxylic acids is 3. The Balaban J connectivity index is 1.63. The summed E-state index contributed by atoms with van der Waals surface area (Å²) in [7, 11) is 0. The third kappa shape index (κ3) is 2.41. The zero-order chi connectivity index (χ0) is 23.8. The summed E-state index contributed by atoms with van der Waals surface area (Å²) in [5.41, 5.74) is 1.71. The number of anilines is 1. The highest BCUT2D eigenvalue weighted by atomic mass is 35.5. The van der Waals surface area contributed by atoms with Crippen LogP contribution >= 0.6 is 11.6 Å². The van der Waals surface area contributed by atoms with Crippen molar-refractivity contribution in [2.75, 3.05) is 4.90 Å². The van der Waals surface area contributed by atoms with Gasteiger partial charge in [0, 0.05) is 5.02 Å². The highest BCUT2D eigenvalue weighted by Gasteiger charge is 2.78. The minimum Gasteiger partial charge on any atom is -0.298 e. The minimum atomic E-state index is -1.12. The zero-order valence-corrected chi connectivity index (χ0v) is 19.5. The summed E-state index contributed by atoms with van der Waals surface area (Å²) in [4.78, 5) is 43.2. The first-order valence-electron chi connectivity index (χ1n) is 11.4. The first kappa shape index (κ1) is 21.1. The Hall–Kier alpha value is -3.50. The van der Waals surface area contributed by atoms with Crippen LogP contribution in [-0.2, 0) is 14.4 Å². The van der Waals surface area contributed by atoms with E-state index in [9.17, 15) is 14.4 Å². The van der Waals surface area contributed by atoms with Crippen molar-refractivity contribution in [2.45, 2.75) is 13.8 Å². The second-order valence-electron chi connectivity index (χ2n) is 9.66. The molecule has 6 rings (SSSR count). The highest BCUT2D eigenvalue weighted by Crippen LogP contribution is 2.73. The number of benzene rings is 3. The molecule has 0 aromatic heterocycles. The van der Waals surface area contributed by atoms with Gasteiger partial charge in [0.15, 0.2) is 5.78 Å². The fourth-order valence-corrected chi connectivity index (χ4v) is 6.86. The van der Waals surface area contributed by atoms with Gasteiger partial charge in [-0.25, -0.2) is 4.90 Å². The standard InChI is InChI=1S/C29H22ClNO3/c1-28-21(17-10-5-3-6-11-17)22(18-12-7-4-8-13-18)29(2,27(28)34)24-23(28)25(32)31(26(24)33)20-15-9-14-19(30)16-20/h3-16,23-24H,1-2H3. The molecule has 4 nitrogen and oxygen atoms in total. The van der Waals surface area contributed by atoms with Crippen molar-refractivity contribution in [3.05, 3.63) is 101 Å². The Bertz CT molecular complexity index is 1330. The van der Waals surface area contributed by atoms with Crippen LogP contribution in [0.5, 0.6) is 0 Å². The van der Waals surface area contributed by atoms with Crippen LogP contribution in [0.15, 0.2) is 84.9 Å². The number of nitrogens with zero attached hydrogens (tertiary/aromatic N) is 1. The lowest BCUT2D eigenvalue weighted by molar-refractivity contribution is -0.133. The smallest absolute Gasteiger partial charge is 0.239 e. The van der Waals surface area contributed by atoms with Crippen LogP contribution < -0.4 is 4.90 Å². The molecule has 1 aliphatic heterocycles. The van der Waals surface area contributed by atoms with E-state index in [2.05, 4.69) is 0 Å². The number of allylic oxidation sites excluding steroid dienone is 2. The first-order chi connectivity index (χ1) is 16.3. The lowest BCUT2D eigenvalue weighted by Gasteiger charge is -2.35. The summed E-state index contributed by atoms with van der Waals surface area (Å²) < 4.78 is 0. The van der Waals surface area contributed by atoms with E-state index < -0.39 is 22.7 Å². The first-order valence-corrected chi connectivity index (χ1v) is 11.7. The number of imide groups is 1. The molecule has 0 spiro atoms. The van der Waals surface area contributed by atoms with Crippen molar-refractivity contribution in [1.29, 1.82) is 0 Å². The Morgan fingerprint density at radius 1 is 0.676 bits per heavy atom. The molecule has 3 aromatic carbocycles. The molecule has 3 aromatic rings. The van der Waals surface area contributed by atoms with Crippen LogP contribution in [-0.4, -0.2) is 17.6 Å². The molecule has 34 heavy (non-hydrogen) atoms. The average molecular weight is 468 g/mol. The Morgan fingerprint density at radius 2 is 1.15 bits per heavy atom. The molecule has 0 radical (unpaired) electrons. The monoisotopic (exact) mass is 467 g/mol. The molecule has 2 bridgehead atoms. The van der Waals surface area contributed by atoms with Crippen molar-refractivity contribution >= 4 is 46.0 Å². The fraction of sp³-hybridized carbons (Fsp3) is 0.207. The molecule has 2 aliphatic carbocycles. The molecule has 1 saturated carbocycles. The number of carbonyl (C=O) groups is 3. The van der Waals surface area contributed by atoms with Gasteiger partial charge in [0.05, 0.1) is 28.4 Å². The van der Waals surface area contributed by atoms with Crippen LogP contribution in [0.25, 0.3) is 11.1 Å². The number of rotatable bonds is 3. The van der Waals surface area contributed by atoms with Gasteiger partial charge in [0.2, 0.25) is 11.8 Å². The van der Waals surface area contributed by atoms with Gasteiger partial charge in [-0.3, -0.25) is 14.4 Å². The van der Waals surface area contributed by atoms with Crippen LogP contribution in [0.2, 0.25) is 5.02 Å². The van der Waals surface area contributed by atoms with E-state index in [4.69, 9.17) is 11.6 Å². The number of ketones is 1. The van der Waals surface area contributed by atoms with E-state index >= 15 is 0 Å². The molecular weight excluding hydrogens is 446 g/mol. The molecule has 1 heterocycles. The number of Topliss-reactive ketones (excluding diaryl/α,β-unsaturated/α-hetero) is 1. The predicted molar refractivity (Wildman–Crippen MR) is 132 cm³/mol. The van der Waals surface area contributed by atoms with Gasteiger partial charge in [0.1, 0.15) is 0 Å². The second-order valence-corrected chi connectivity index (χ2v) is 10.1. The Morgan fingerprint density at radius 3 is 1.59 bits per heavy atom. The minimum absolute atomic E-state index is 0.0554. The van der Waals surface area contributed by atoms with E-state index in [0.717, 1.165) is 22.3 Å². The van der Waals surface area contributed by atoms with E-state index in [-0.39, 0.29) is 17.6 Å². The van der Waals surface area contributed by atoms with Crippen molar-refractivity contribution in [3.8, 4) is 0 Å². The maximum atomic E-state index is 14.2. The van der Waals surface area contributed by atoms with Gasteiger partial charge in [-0.15, -0.1) is 0 Å². The summed E-state index contributed by atoms with van der Waals surface area (Å²) in [6.45, 7) is 3.70. The van der Waals surface area contributed by atoms with Gasteiger partial charge < -0.3 is 0 Å². The van der Waals surface area contributed by atoms with E-state index in [0.29, 0.717) is 10.7 Å². The number of amides is 2.